The van der Waals surface area contributed by atoms with Gasteiger partial charge in [0, 0.05) is 29.7 Å². The Morgan fingerprint density at radius 2 is 2.13 bits per heavy atom. The first-order chi connectivity index (χ1) is 7.33. The lowest BCUT2D eigenvalue weighted by Gasteiger charge is -2.09. The van der Waals surface area contributed by atoms with Crippen LogP contribution in [0.2, 0.25) is 0 Å². The van der Waals surface area contributed by atoms with Gasteiger partial charge >= 0.3 is 0 Å². The fourth-order valence-electron chi connectivity index (χ4n) is 1.87. The van der Waals surface area contributed by atoms with Crippen LogP contribution in [0.1, 0.15) is 24.4 Å². The van der Waals surface area contributed by atoms with Gasteiger partial charge in [0.15, 0.2) is 0 Å². The van der Waals surface area contributed by atoms with E-state index >= 15 is 0 Å². The number of rotatable bonds is 4. The number of H-pyrrole nitrogens is 1. The Labute approximate surface area is 88.9 Å². The summed E-state index contributed by atoms with van der Waals surface area (Å²) in [6, 6.07) is 8.13. The van der Waals surface area contributed by atoms with Gasteiger partial charge in [0.05, 0.1) is 0 Å². The summed E-state index contributed by atoms with van der Waals surface area (Å²) in [6.45, 7) is 0.204. The number of hydrogen-bond acceptors (Lipinski definition) is 2. The predicted octanol–water partition coefficient (Wildman–Crippen LogP) is 1.94. The standard InChI is InChI=1S/C12H16N2O/c13-11(5-3-7-15)10-8-14-12-6-2-1-4-9(10)12/h1-2,4,6,8,11,14-15H,3,5,7,13H2/t11-/m1/s1. The SMILES string of the molecule is N[C@H](CCCO)c1c[nH]c2ccccc12. The highest BCUT2D eigenvalue weighted by atomic mass is 16.2. The molecular weight excluding hydrogens is 188 g/mol. The van der Waals surface area contributed by atoms with Gasteiger partial charge in [0.1, 0.15) is 0 Å². The van der Waals surface area contributed by atoms with Crippen LogP contribution in [0.4, 0.5) is 0 Å². The number of benzene rings is 1. The number of nitrogens with one attached hydrogen (secondary N) is 1. The van der Waals surface area contributed by atoms with Gasteiger partial charge < -0.3 is 15.8 Å². The molecule has 2 aromatic rings. The second-order valence-corrected chi connectivity index (χ2v) is 3.76. The largest absolute Gasteiger partial charge is 0.396 e. The number of fused-ring (bicyclic) bond motifs is 1. The van der Waals surface area contributed by atoms with Gasteiger partial charge in [-0.15, -0.1) is 0 Å². The summed E-state index contributed by atoms with van der Waals surface area (Å²) in [5.41, 5.74) is 8.32. The lowest BCUT2D eigenvalue weighted by Crippen LogP contribution is -2.10. The van der Waals surface area contributed by atoms with Crippen molar-refractivity contribution in [2.45, 2.75) is 18.9 Å². The Balaban J connectivity index is 2.27. The highest BCUT2D eigenvalue weighted by molar-refractivity contribution is 5.83. The molecular formula is C12H16N2O. The summed E-state index contributed by atoms with van der Waals surface area (Å²) >= 11 is 0. The molecule has 2 rings (SSSR count). The van der Waals surface area contributed by atoms with E-state index in [-0.39, 0.29) is 12.6 Å². The van der Waals surface area contributed by atoms with Crippen molar-refractivity contribution in [1.29, 1.82) is 0 Å². The van der Waals surface area contributed by atoms with Crippen molar-refractivity contribution >= 4 is 10.9 Å². The van der Waals surface area contributed by atoms with Gasteiger partial charge in [0.2, 0.25) is 0 Å². The molecule has 3 nitrogen and oxygen atoms in total. The fourth-order valence-corrected chi connectivity index (χ4v) is 1.87. The van der Waals surface area contributed by atoms with E-state index in [1.165, 1.54) is 5.39 Å². The van der Waals surface area contributed by atoms with Crippen molar-refractivity contribution in [2.75, 3.05) is 6.61 Å². The first kappa shape index (κ1) is 10.2. The maximum Gasteiger partial charge on any atom is 0.0457 e. The fraction of sp³-hybridized carbons (Fsp3) is 0.333. The van der Waals surface area contributed by atoms with Crippen LogP contribution >= 0.6 is 0 Å². The smallest absolute Gasteiger partial charge is 0.0457 e. The number of aromatic amines is 1. The zero-order valence-electron chi connectivity index (χ0n) is 8.61. The summed E-state index contributed by atoms with van der Waals surface area (Å²) < 4.78 is 0. The van der Waals surface area contributed by atoms with Gasteiger partial charge in [-0.3, -0.25) is 0 Å². The molecule has 0 aliphatic heterocycles. The molecule has 4 N–H and O–H groups in total. The molecule has 3 heteroatoms. The number of aliphatic hydroxyl groups is 1. The number of aliphatic hydroxyl groups excluding tert-OH is 1. The second-order valence-electron chi connectivity index (χ2n) is 3.76. The molecule has 0 bridgehead atoms. The van der Waals surface area contributed by atoms with Crippen molar-refractivity contribution in [2.24, 2.45) is 5.73 Å². The minimum Gasteiger partial charge on any atom is -0.396 e. The maximum absolute atomic E-state index is 8.76. The van der Waals surface area contributed by atoms with Crippen LogP contribution in [-0.4, -0.2) is 16.7 Å². The van der Waals surface area contributed by atoms with Gasteiger partial charge in [-0.25, -0.2) is 0 Å². The van der Waals surface area contributed by atoms with Crippen molar-refractivity contribution in [1.82, 2.24) is 4.98 Å². The Kier molecular flexibility index (Phi) is 3.04. The van der Waals surface area contributed by atoms with Crippen molar-refractivity contribution in [3.63, 3.8) is 0 Å². The van der Waals surface area contributed by atoms with E-state index in [1.807, 2.05) is 24.4 Å². The molecule has 1 heterocycles. The zero-order chi connectivity index (χ0) is 10.7. The first-order valence-corrected chi connectivity index (χ1v) is 5.25. The first-order valence-electron chi connectivity index (χ1n) is 5.25. The monoisotopic (exact) mass is 204 g/mol. The minimum atomic E-state index is 0.00769. The van der Waals surface area contributed by atoms with Crippen molar-refractivity contribution < 1.29 is 5.11 Å². The third-order valence-electron chi connectivity index (χ3n) is 2.69. The Hall–Kier alpha value is -1.32. The zero-order valence-corrected chi connectivity index (χ0v) is 8.61. The molecule has 0 saturated carbocycles. The molecule has 80 valence electrons. The van der Waals surface area contributed by atoms with Crippen LogP contribution in [-0.2, 0) is 0 Å². The molecule has 0 fully saturated rings. The van der Waals surface area contributed by atoms with Gasteiger partial charge in [-0.05, 0) is 24.5 Å². The lowest BCUT2D eigenvalue weighted by molar-refractivity contribution is 0.280. The second kappa shape index (κ2) is 4.47. The van der Waals surface area contributed by atoms with Crippen molar-refractivity contribution in [3.05, 3.63) is 36.0 Å². The Morgan fingerprint density at radius 3 is 2.93 bits per heavy atom. The third-order valence-corrected chi connectivity index (χ3v) is 2.69. The maximum atomic E-state index is 8.76. The molecule has 15 heavy (non-hydrogen) atoms. The molecule has 0 spiro atoms. The molecule has 1 atom stereocenters. The van der Waals surface area contributed by atoms with Crippen LogP contribution in [0.3, 0.4) is 0 Å². The van der Waals surface area contributed by atoms with Gasteiger partial charge in [-0.2, -0.15) is 0 Å². The molecule has 0 aliphatic rings. The van der Waals surface area contributed by atoms with E-state index < -0.39 is 0 Å². The van der Waals surface area contributed by atoms with Gasteiger partial charge in [0.25, 0.3) is 0 Å². The third kappa shape index (κ3) is 2.03. The van der Waals surface area contributed by atoms with Gasteiger partial charge in [-0.1, -0.05) is 18.2 Å². The topological polar surface area (TPSA) is 62.0 Å². The molecule has 1 aromatic carbocycles. The molecule has 0 saturated heterocycles. The Morgan fingerprint density at radius 1 is 1.33 bits per heavy atom. The van der Waals surface area contributed by atoms with E-state index in [2.05, 4.69) is 11.1 Å². The quantitative estimate of drug-likeness (QED) is 0.712. The minimum absolute atomic E-state index is 0.00769. The summed E-state index contributed by atoms with van der Waals surface area (Å²) in [5.74, 6) is 0. The highest BCUT2D eigenvalue weighted by Crippen LogP contribution is 2.24. The average molecular weight is 204 g/mol. The summed E-state index contributed by atoms with van der Waals surface area (Å²) in [5, 5.41) is 9.95. The predicted molar refractivity (Wildman–Crippen MR) is 61.5 cm³/mol. The molecule has 0 radical (unpaired) electrons. The summed E-state index contributed by atoms with van der Waals surface area (Å²) in [7, 11) is 0. The molecule has 1 aromatic heterocycles. The van der Waals surface area contributed by atoms with Crippen LogP contribution in [0.15, 0.2) is 30.5 Å². The number of nitrogens with two attached hydrogens (primary N) is 1. The number of hydrogen-bond donors (Lipinski definition) is 3. The van der Waals surface area contributed by atoms with Crippen LogP contribution in [0, 0.1) is 0 Å². The summed E-state index contributed by atoms with van der Waals surface area (Å²) in [6.07, 6.45) is 3.53. The molecule has 0 unspecified atom stereocenters. The molecule has 0 amide bonds. The number of aromatic nitrogens is 1. The molecule has 0 aliphatic carbocycles. The van der Waals surface area contributed by atoms with Crippen LogP contribution in [0.25, 0.3) is 10.9 Å². The summed E-state index contributed by atoms with van der Waals surface area (Å²) in [4.78, 5) is 3.20. The van der Waals surface area contributed by atoms with E-state index in [0.717, 1.165) is 23.9 Å². The van der Waals surface area contributed by atoms with E-state index in [9.17, 15) is 0 Å². The Bertz CT molecular complexity index is 436. The van der Waals surface area contributed by atoms with Crippen molar-refractivity contribution in [3.8, 4) is 0 Å². The van der Waals surface area contributed by atoms with E-state index in [1.54, 1.807) is 0 Å². The average Bonchev–Trinajstić information content (AvgIpc) is 2.69. The van der Waals surface area contributed by atoms with Crippen LogP contribution in [0.5, 0.6) is 0 Å². The van der Waals surface area contributed by atoms with Crippen LogP contribution < -0.4 is 5.73 Å². The van der Waals surface area contributed by atoms with E-state index in [4.69, 9.17) is 10.8 Å². The van der Waals surface area contributed by atoms with E-state index in [0.29, 0.717) is 0 Å². The normalized spacial score (nSPS) is 13.2. The highest BCUT2D eigenvalue weighted by Gasteiger charge is 2.10. The number of para-hydroxylation sites is 1. The lowest BCUT2D eigenvalue weighted by atomic mass is 10.0.